The zero-order valence-corrected chi connectivity index (χ0v) is 16.8. The number of carbonyl (C=O) groups excluding carboxylic acids is 3. The van der Waals surface area contributed by atoms with Crippen LogP contribution in [0.15, 0.2) is 29.6 Å². The Hall–Kier alpha value is -2.54. The fourth-order valence-electron chi connectivity index (χ4n) is 4.08. The van der Waals surface area contributed by atoms with Crippen molar-refractivity contribution in [3.63, 3.8) is 0 Å². The summed E-state index contributed by atoms with van der Waals surface area (Å²) in [6, 6.07) is 7.17. The molecule has 1 aromatic heterocycles. The molecule has 6 nitrogen and oxygen atoms in total. The van der Waals surface area contributed by atoms with Gasteiger partial charge in [-0.05, 0) is 26.7 Å². The number of carbonyl (C=O) groups is 3. The van der Waals surface area contributed by atoms with Crippen molar-refractivity contribution in [2.45, 2.75) is 45.6 Å². The molecule has 4 rings (SSSR count). The van der Waals surface area contributed by atoms with E-state index in [0.717, 1.165) is 36.9 Å². The summed E-state index contributed by atoms with van der Waals surface area (Å²) in [7, 11) is 0. The van der Waals surface area contributed by atoms with Gasteiger partial charge in [0.1, 0.15) is 6.04 Å². The van der Waals surface area contributed by atoms with Crippen molar-refractivity contribution in [3.8, 4) is 11.3 Å². The lowest BCUT2D eigenvalue weighted by atomic mass is 9.81. The van der Waals surface area contributed by atoms with Crippen LogP contribution in [-0.2, 0) is 14.4 Å². The maximum atomic E-state index is 12.7. The number of rotatable bonds is 4. The third kappa shape index (κ3) is 3.35. The smallest absolute Gasteiger partial charge is 0.249 e. The number of anilines is 1. The highest BCUT2D eigenvalue weighted by atomic mass is 32.1. The van der Waals surface area contributed by atoms with Gasteiger partial charge in [0.2, 0.25) is 17.7 Å². The second kappa shape index (κ2) is 7.47. The second-order valence-electron chi connectivity index (χ2n) is 7.61. The van der Waals surface area contributed by atoms with Crippen molar-refractivity contribution >= 4 is 34.2 Å². The molecule has 1 saturated carbocycles. The van der Waals surface area contributed by atoms with E-state index in [1.54, 1.807) is 6.92 Å². The van der Waals surface area contributed by atoms with Crippen LogP contribution in [0.5, 0.6) is 0 Å². The summed E-state index contributed by atoms with van der Waals surface area (Å²) >= 11 is 1.33. The molecule has 3 unspecified atom stereocenters. The minimum atomic E-state index is -0.836. The van der Waals surface area contributed by atoms with Gasteiger partial charge in [-0.1, -0.05) is 42.7 Å². The first-order valence-corrected chi connectivity index (χ1v) is 10.5. The third-order valence-electron chi connectivity index (χ3n) is 5.72. The Labute approximate surface area is 168 Å². The van der Waals surface area contributed by atoms with Crippen LogP contribution in [0.4, 0.5) is 5.13 Å². The summed E-state index contributed by atoms with van der Waals surface area (Å²) < 4.78 is 0. The highest BCUT2D eigenvalue weighted by molar-refractivity contribution is 7.14. The maximum Gasteiger partial charge on any atom is 0.249 e. The van der Waals surface area contributed by atoms with E-state index in [4.69, 9.17) is 0 Å². The number of benzene rings is 1. The predicted octanol–water partition coefficient (Wildman–Crippen LogP) is 3.62. The summed E-state index contributed by atoms with van der Waals surface area (Å²) in [5, 5.41) is 5.11. The Balaban J connectivity index is 1.46. The van der Waals surface area contributed by atoms with E-state index < -0.39 is 6.04 Å². The Morgan fingerprint density at radius 1 is 1.14 bits per heavy atom. The van der Waals surface area contributed by atoms with Crippen LogP contribution < -0.4 is 5.32 Å². The van der Waals surface area contributed by atoms with Crippen molar-refractivity contribution in [2.75, 3.05) is 5.32 Å². The van der Waals surface area contributed by atoms with E-state index in [2.05, 4.69) is 10.3 Å². The molecule has 2 heterocycles. The molecule has 2 aromatic rings. The van der Waals surface area contributed by atoms with Crippen LogP contribution in [0.3, 0.4) is 0 Å². The molecule has 1 aliphatic carbocycles. The lowest BCUT2D eigenvalue weighted by Crippen LogP contribution is -2.46. The Morgan fingerprint density at radius 2 is 1.75 bits per heavy atom. The largest absolute Gasteiger partial charge is 0.300 e. The van der Waals surface area contributed by atoms with Gasteiger partial charge in [0.05, 0.1) is 17.5 Å². The van der Waals surface area contributed by atoms with Gasteiger partial charge in [0.15, 0.2) is 5.13 Å². The number of amides is 3. The summed E-state index contributed by atoms with van der Waals surface area (Å²) in [6.45, 7) is 3.63. The van der Waals surface area contributed by atoms with Crippen molar-refractivity contribution in [1.29, 1.82) is 0 Å². The second-order valence-corrected chi connectivity index (χ2v) is 8.47. The molecular weight excluding hydrogens is 374 g/mol. The van der Waals surface area contributed by atoms with E-state index in [-0.39, 0.29) is 29.6 Å². The standard InChI is InChI=1S/C21H23N3O3S/c1-12-7-9-14(10-8-12)17-11-28-21(22-17)23-18(25)13(2)24-19(26)15-5-3-4-6-16(15)20(24)27/h7-11,13,15-16H,3-6H2,1-2H3,(H,22,23,25). The van der Waals surface area contributed by atoms with Gasteiger partial charge in [-0.3, -0.25) is 19.3 Å². The first-order chi connectivity index (χ1) is 13.5. The molecule has 0 bridgehead atoms. The zero-order valence-electron chi connectivity index (χ0n) is 16.0. The molecule has 2 aliphatic rings. The molecule has 1 N–H and O–H groups in total. The predicted molar refractivity (Wildman–Crippen MR) is 108 cm³/mol. The van der Waals surface area contributed by atoms with Crippen LogP contribution >= 0.6 is 11.3 Å². The molecule has 3 amide bonds. The molecule has 3 atom stereocenters. The van der Waals surface area contributed by atoms with E-state index in [1.807, 2.05) is 36.6 Å². The normalized spacial score (nSPS) is 22.9. The molecule has 7 heteroatoms. The van der Waals surface area contributed by atoms with E-state index in [1.165, 1.54) is 21.8 Å². The first-order valence-electron chi connectivity index (χ1n) is 9.66. The number of fused-ring (bicyclic) bond motifs is 1. The van der Waals surface area contributed by atoms with Crippen LogP contribution in [0.1, 0.15) is 38.2 Å². The number of hydrogen-bond acceptors (Lipinski definition) is 5. The number of nitrogens with zero attached hydrogens (tertiary/aromatic N) is 2. The Morgan fingerprint density at radius 3 is 2.36 bits per heavy atom. The zero-order chi connectivity index (χ0) is 19.8. The molecule has 28 heavy (non-hydrogen) atoms. The molecular formula is C21H23N3O3S. The van der Waals surface area contributed by atoms with Crippen molar-refractivity contribution < 1.29 is 14.4 Å². The van der Waals surface area contributed by atoms with Gasteiger partial charge in [-0.15, -0.1) is 11.3 Å². The SMILES string of the molecule is Cc1ccc(-c2csc(NC(=O)C(C)N3C(=O)C4CCCCC4C3=O)n2)cc1. The van der Waals surface area contributed by atoms with Crippen molar-refractivity contribution in [1.82, 2.24) is 9.88 Å². The summed E-state index contributed by atoms with van der Waals surface area (Å²) in [5.74, 6) is -1.27. The van der Waals surface area contributed by atoms with Gasteiger partial charge in [-0.25, -0.2) is 4.98 Å². The van der Waals surface area contributed by atoms with Crippen LogP contribution in [0.2, 0.25) is 0 Å². The number of likely N-dealkylation sites (tertiary alicyclic amines) is 1. The first kappa shape index (κ1) is 18.8. The minimum Gasteiger partial charge on any atom is -0.300 e. The number of aryl methyl sites for hydroxylation is 1. The third-order valence-corrected chi connectivity index (χ3v) is 6.48. The minimum absolute atomic E-state index is 0.197. The maximum absolute atomic E-state index is 12.7. The van der Waals surface area contributed by atoms with Crippen molar-refractivity contribution in [2.24, 2.45) is 11.8 Å². The van der Waals surface area contributed by atoms with Crippen LogP contribution in [0.25, 0.3) is 11.3 Å². The van der Waals surface area contributed by atoms with E-state index in [9.17, 15) is 14.4 Å². The monoisotopic (exact) mass is 397 g/mol. The number of hydrogen-bond donors (Lipinski definition) is 1. The van der Waals surface area contributed by atoms with Crippen molar-refractivity contribution in [3.05, 3.63) is 35.2 Å². The van der Waals surface area contributed by atoms with Gasteiger partial charge in [-0.2, -0.15) is 0 Å². The molecule has 2 fully saturated rings. The molecule has 0 spiro atoms. The summed E-state index contributed by atoms with van der Waals surface area (Å²) in [6.07, 6.45) is 3.42. The summed E-state index contributed by atoms with van der Waals surface area (Å²) in [5.41, 5.74) is 2.93. The summed E-state index contributed by atoms with van der Waals surface area (Å²) in [4.78, 5) is 43.7. The van der Waals surface area contributed by atoms with Gasteiger partial charge < -0.3 is 5.32 Å². The highest BCUT2D eigenvalue weighted by Crippen LogP contribution is 2.39. The number of nitrogens with one attached hydrogen (secondary N) is 1. The van der Waals surface area contributed by atoms with Gasteiger partial charge in [0.25, 0.3) is 0 Å². The lowest BCUT2D eigenvalue weighted by molar-refractivity contribution is -0.146. The highest BCUT2D eigenvalue weighted by Gasteiger charge is 2.50. The molecule has 146 valence electrons. The molecule has 0 radical (unpaired) electrons. The number of imide groups is 1. The van der Waals surface area contributed by atoms with Crippen LogP contribution in [-0.4, -0.2) is 33.6 Å². The topological polar surface area (TPSA) is 79.4 Å². The average molecular weight is 398 g/mol. The fourth-order valence-corrected chi connectivity index (χ4v) is 4.81. The van der Waals surface area contributed by atoms with Gasteiger partial charge in [0, 0.05) is 10.9 Å². The lowest BCUT2D eigenvalue weighted by Gasteiger charge is -2.21. The number of aromatic nitrogens is 1. The van der Waals surface area contributed by atoms with E-state index >= 15 is 0 Å². The number of thiazole rings is 1. The fraction of sp³-hybridized carbons (Fsp3) is 0.429. The van der Waals surface area contributed by atoms with Gasteiger partial charge >= 0.3 is 0 Å². The molecule has 1 aliphatic heterocycles. The average Bonchev–Trinajstić information content (AvgIpc) is 3.25. The quantitative estimate of drug-likeness (QED) is 0.799. The Kier molecular flexibility index (Phi) is 5.02. The molecule has 1 aromatic carbocycles. The van der Waals surface area contributed by atoms with Crippen LogP contribution in [0, 0.1) is 18.8 Å². The molecule has 1 saturated heterocycles. The Bertz CT molecular complexity index is 897. The van der Waals surface area contributed by atoms with E-state index in [0.29, 0.717) is 5.13 Å².